The fourth-order valence-electron chi connectivity index (χ4n) is 3.99. The quantitative estimate of drug-likeness (QED) is 0.148. The highest BCUT2D eigenvalue weighted by Gasteiger charge is 2.01. The Labute approximate surface area is 207 Å². The van der Waals surface area contributed by atoms with E-state index in [9.17, 15) is 0 Å². The molecule has 0 aromatic heterocycles. The molecule has 0 aliphatic heterocycles. The Bertz CT molecular complexity index is 613. The predicted molar refractivity (Wildman–Crippen MR) is 149 cm³/mol. The zero-order chi connectivity index (χ0) is 22.7. The van der Waals surface area contributed by atoms with E-state index < -0.39 is 0 Å². The minimum Gasteiger partial charge on any atom is -0.126 e. The number of rotatable bonds is 19. The van der Waals surface area contributed by atoms with Crippen LogP contribution >= 0.6 is 23.5 Å². The van der Waals surface area contributed by atoms with Crippen LogP contribution in [0.15, 0.2) is 58.3 Å². The third-order valence-electron chi connectivity index (χ3n) is 6.08. The highest BCUT2D eigenvalue weighted by Crippen LogP contribution is 2.28. The summed E-state index contributed by atoms with van der Waals surface area (Å²) in [7, 11) is 0. The van der Waals surface area contributed by atoms with Crippen molar-refractivity contribution >= 4 is 23.5 Å². The lowest BCUT2D eigenvalue weighted by Crippen LogP contribution is -1.84. The lowest BCUT2D eigenvalue weighted by Gasteiger charge is -2.07. The number of benzene rings is 2. The normalized spacial score (nSPS) is 11.2. The van der Waals surface area contributed by atoms with Crippen LogP contribution in [0.2, 0.25) is 0 Å². The summed E-state index contributed by atoms with van der Waals surface area (Å²) in [6.45, 7) is 4.57. The Morgan fingerprint density at radius 2 is 0.719 bits per heavy atom. The van der Waals surface area contributed by atoms with Crippen molar-refractivity contribution in [3.8, 4) is 11.1 Å². The van der Waals surface area contributed by atoms with Gasteiger partial charge in [0.2, 0.25) is 0 Å². The topological polar surface area (TPSA) is 0 Å². The van der Waals surface area contributed by atoms with Crippen molar-refractivity contribution in [3.05, 3.63) is 48.5 Å². The monoisotopic (exact) mass is 470 g/mol. The molecule has 0 saturated carbocycles. The molecule has 32 heavy (non-hydrogen) atoms. The van der Waals surface area contributed by atoms with Crippen molar-refractivity contribution in [3.63, 3.8) is 0 Å². The molecular weight excluding hydrogens is 424 g/mol. The molecule has 0 radical (unpaired) electrons. The second-order valence-corrected chi connectivity index (χ2v) is 11.3. The van der Waals surface area contributed by atoms with Crippen molar-refractivity contribution in [2.75, 3.05) is 11.5 Å². The zero-order valence-electron chi connectivity index (χ0n) is 20.7. The fraction of sp³-hybridized carbons (Fsp3) is 0.600. The Kier molecular flexibility index (Phi) is 15.9. The lowest BCUT2D eigenvalue weighted by molar-refractivity contribution is 0.603. The molecule has 0 saturated heterocycles. The number of unbranched alkanes of at least 4 members (excludes halogenated alkanes) is 12. The van der Waals surface area contributed by atoms with Gasteiger partial charge < -0.3 is 0 Å². The van der Waals surface area contributed by atoms with Gasteiger partial charge in [-0.15, -0.1) is 23.5 Å². The van der Waals surface area contributed by atoms with Crippen LogP contribution in [0.4, 0.5) is 0 Å². The number of hydrogen-bond acceptors (Lipinski definition) is 2. The molecule has 0 aliphatic rings. The van der Waals surface area contributed by atoms with Gasteiger partial charge in [0.25, 0.3) is 0 Å². The smallest absolute Gasteiger partial charge is 0.00723 e. The second kappa shape index (κ2) is 18.6. The Hall–Kier alpha value is -0.860. The van der Waals surface area contributed by atoms with Crippen LogP contribution in [-0.4, -0.2) is 11.5 Å². The number of thioether (sulfide) groups is 2. The van der Waals surface area contributed by atoms with Crippen molar-refractivity contribution in [2.24, 2.45) is 0 Å². The van der Waals surface area contributed by atoms with Gasteiger partial charge in [-0.25, -0.2) is 0 Å². The van der Waals surface area contributed by atoms with Crippen LogP contribution in [0.5, 0.6) is 0 Å². The summed E-state index contributed by atoms with van der Waals surface area (Å²) in [5.41, 5.74) is 2.66. The molecule has 0 fully saturated rings. The van der Waals surface area contributed by atoms with Gasteiger partial charge in [0.05, 0.1) is 0 Å². The van der Waals surface area contributed by atoms with E-state index in [2.05, 4.69) is 62.4 Å². The van der Waals surface area contributed by atoms with Gasteiger partial charge >= 0.3 is 0 Å². The SMILES string of the molecule is CCCCCCCCCSc1ccc(-c2ccc(SCCCCCCCCC)cc2)cc1. The molecule has 0 heterocycles. The average Bonchev–Trinajstić information content (AvgIpc) is 2.83. The molecule has 0 aliphatic carbocycles. The van der Waals surface area contributed by atoms with E-state index in [-0.39, 0.29) is 0 Å². The summed E-state index contributed by atoms with van der Waals surface area (Å²) >= 11 is 4.02. The molecule has 0 N–H and O–H groups in total. The molecule has 0 unspecified atom stereocenters. The minimum absolute atomic E-state index is 1.25. The summed E-state index contributed by atoms with van der Waals surface area (Å²) < 4.78 is 0. The molecule has 0 spiro atoms. The zero-order valence-corrected chi connectivity index (χ0v) is 22.4. The molecular formula is C30H46S2. The molecule has 2 aromatic carbocycles. The largest absolute Gasteiger partial charge is 0.126 e. The molecule has 0 amide bonds. The maximum atomic E-state index is 2.30. The van der Waals surface area contributed by atoms with Crippen molar-refractivity contribution in [1.82, 2.24) is 0 Å². The van der Waals surface area contributed by atoms with Crippen LogP contribution in [0, 0.1) is 0 Å². The summed E-state index contributed by atoms with van der Waals surface area (Å²) in [6.07, 6.45) is 19.5. The van der Waals surface area contributed by atoms with Crippen LogP contribution < -0.4 is 0 Å². The van der Waals surface area contributed by atoms with E-state index in [0.29, 0.717) is 0 Å². The Morgan fingerprint density at radius 1 is 0.406 bits per heavy atom. The van der Waals surface area contributed by atoms with Crippen LogP contribution in [0.25, 0.3) is 11.1 Å². The van der Waals surface area contributed by atoms with E-state index in [0.717, 1.165) is 0 Å². The summed E-state index contributed by atoms with van der Waals surface area (Å²) in [4.78, 5) is 2.81. The first-order chi connectivity index (χ1) is 15.8. The summed E-state index contributed by atoms with van der Waals surface area (Å²) in [5.74, 6) is 2.50. The average molecular weight is 471 g/mol. The molecule has 0 bridgehead atoms. The molecule has 2 heteroatoms. The summed E-state index contributed by atoms with van der Waals surface area (Å²) in [5, 5.41) is 0. The molecule has 2 rings (SSSR count). The Balaban J connectivity index is 1.61. The fourth-order valence-corrected chi connectivity index (χ4v) is 5.81. The van der Waals surface area contributed by atoms with Crippen LogP contribution in [0.1, 0.15) is 104 Å². The van der Waals surface area contributed by atoms with Gasteiger partial charge in [-0.3, -0.25) is 0 Å². The lowest BCUT2D eigenvalue weighted by atomic mass is 10.1. The maximum Gasteiger partial charge on any atom is 0.00723 e. The van der Waals surface area contributed by atoms with Gasteiger partial charge in [0.1, 0.15) is 0 Å². The van der Waals surface area contributed by atoms with Crippen LogP contribution in [-0.2, 0) is 0 Å². The summed E-state index contributed by atoms with van der Waals surface area (Å²) in [6, 6.07) is 18.3. The Morgan fingerprint density at radius 3 is 1.06 bits per heavy atom. The number of hydrogen-bond donors (Lipinski definition) is 0. The predicted octanol–water partition coefficient (Wildman–Crippen LogP) is 11.0. The highest BCUT2D eigenvalue weighted by atomic mass is 32.2. The van der Waals surface area contributed by atoms with E-state index in [1.807, 2.05) is 23.5 Å². The first-order valence-electron chi connectivity index (χ1n) is 13.3. The van der Waals surface area contributed by atoms with Gasteiger partial charge in [0.15, 0.2) is 0 Å². The van der Waals surface area contributed by atoms with Gasteiger partial charge in [-0.05, 0) is 59.7 Å². The van der Waals surface area contributed by atoms with Crippen LogP contribution in [0.3, 0.4) is 0 Å². The minimum atomic E-state index is 1.25. The van der Waals surface area contributed by atoms with Crippen molar-refractivity contribution < 1.29 is 0 Å². The third-order valence-corrected chi connectivity index (χ3v) is 8.27. The molecule has 0 nitrogen and oxygen atoms in total. The third kappa shape index (κ3) is 12.4. The van der Waals surface area contributed by atoms with Crippen molar-refractivity contribution in [1.29, 1.82) is 0 Å². The van der Waals surface area contributed by atoms with Gasteiger partial charge in [-0.2, -0.15) is 0 Å². The highest BCUT2D eigenvalue weighted by molar-refractivity contribution is 7.99. The van der Waals surface area contributed by atoms with E-state index in [4.69, 9.17) is 0 Å². The standard InChI is InChI=1S/C30H46S2/c1-3-5-7-9-11-13-15-25-31-29-21-17-27(18-22-29)28-19-23-30(24-20-28)32-26-16-14-12-10-8-6-4-2/h17-24H,3-16,25-26H2,1-2H3. The van der Waals surface area contributed by atoms with E-state index in [1.165, 1.54) is 122 Å². The van der Waals surface area contributed by atoms with Crippen molar-refractivity contribution in [2.45, 2.75) is 114 Å². The first-order valence-corrected chi connectivity index (χ1v) is 15.3. The van der Waals surface area contributed by atoms with Gasteiger partial charge in [0, 0.05) is 9.79 Å². The molecule has 178 valence electrons. The second-order valence-electron chi connectivity index (χ2n) is 8.99. The van der Waals surface area contributed by atoms with Gasteiger partial charge in [-0.1, -0.05) is 115 Å². The first kappa shape index (κ1) is 27.4. The van der Waals surface area contributed by atoms with E-state index in [1.54, 1.807) is 0 Å². The molecule has 2 aromatic rings. The maximum absolute atomic E-state index is 2.30. The van der Waals surface area contributed by atoms with E-state index >= 15 is 0 Å². The molecule has 0 atom stereocenters.